The zero-order valence-electron chi connectivity index (χ0n) is 20.4. The molecule has 0 radical (unpaired) electrons. The first-order chi connectivity index (χ1) is 17.9. The lowest BCUT2D eigenvalue weighted by Crippen LogP contribution is -2.44. The molecule has 0 N–H and O–H groups in total. The van der Waals surface area contributed by atoms with Crippen molar-refractivity contribution in [1.82, 2.24) is 19.6 Å². The molecule has 0 aliphatic carbocycles. The van der Waals surface area contributed by atoms with Crippen LogP contribution in [0.4, 0.5) is 13.2 Å². The molecule has 5 rings (SSSR count). The average molecular weight is 567 g/mol. The van der Waals surface area contributed by atoms with E-state index in [-0.39, 0.29) is 35.2 Å². The molecule has 2 aliphatic rings. The number of carbonyl (C=O) groups is 2. The lowest BCUT2D eigenvalue weighted by Gasteiger charge is -2.35. The Balaban J connectivity index is 1.39. The van der Waals surface area contributed by atoms with Gasteiger partial charge in [0.1, 0.15) is 11.4 Å². The molecule has 38 heavy (non-hydrogen) atoms. The highest BCUT2D eigenvalue weighted by Gasteiger charge is 2.38. The van der Waals surface area contributed by atoms with Crippen LogP contribution in [0, 0.1) is 0 Å². The number of nitrogens with zero attached hydrogens (tertiary/aromatic N) is 4. The van der Waals surface area contributed by atoms with Crippen LogP contribution in [0.1, 0.15) is 57.6 Å². The fourth-order valence-corrected chi connectivity index (χ4v) is 5.30. The zero-order valence-corrected chi connectivity index (χ0v) is 21.9. The molecule has 2 atom stereocenters. The summed E-state index contributed by atoms with van der Waals surface area (Å²) < 4.78 is 43.1. The van der Waals surface area contributed by atoms with Gasteiger partial charge >= 0.3 is 6.36 Å². The monoisotopic (exact) mass is 566 g/mol. The normalized spacial score (nSPS) is 18.2. The zero-order chi connectivity index (χ0) is 27.4. The molecule has 0 spiro atoms. The molecule has 0 fully saturated rings. The first kappa shape index (κ1) is 26.4. The highest BCUT2D eigenvalue weighted by molar-refractivity contribution is 6.42. The molecule has 2 aromatic carbocycles. The molecule has 12 heteroatoms. The van der Waals surface area contributed by atoms with Gasteiger partial charge in [-0.25, -0.2) is 0 Å². The molecular formula is C26H23Cl2F3N4O3. The number of hydrogen-bond donors (Lipinski definition) is 0. The van der Waals surface area contributed by atoms with E-state index in [9.17, 15) is 22.8 Å². The second-order valence-corrected chi connectivity index (χ2v) is 10.2. The van der Waals surface area contributed by atoms with Crippen molar-refractivity contribution in [3.63, 3.8) is 0 Å². The third kappa shape index (κ3) is 4.94. The minimum absolute atomic E-state index is 0.149. The number of carbonyl (C=O) groups excluding carboxylic acids is 2. The van der Waals surface area contributed by atoms with E-state index in [4.69, 9.17) is 23.2 Å². The maximum Gasteiger partial charge on any atom is 0.573 e. The van der Waals surface area contributed by atoms with E-state index >= 15 is 0 Å². The molecule has 200 valence electrons. The van der Waals surface area contributed by atoms with Gasteiger partial charge in [0.15, 0.2) is 0 Å². The molecule has 3 heterocycles. The number of rotatable bonds is 4. The number of alkyl halides is 3. The van der Waals surface area contributed by atoms with E-state index in [1.165, 1.54) is 30.3 Å². The van der Waals surface area contributed by atoms with Crippen LogP contribution >= 0.6 is 23.2 Å². The van der Waals surface area contributed by atoms with Gasteiger partial charge in [0, 0.05) is 30.1 Å². The van der Waals surface area contributed by atoms with E-state index in [0.717, 1.165) is 5.69 Å². The molecule has 0 saturated carbocycles. The minimum Gasteiger partial charge on any atom is -0.406 e. The summed E-state index contributed by atoms with van der Waals surface area (Å²) in [4.78, 5) is 30.4. The van der Waals surface area contributed by atoms with Gasteiger partial charge in [0.25, 0.3) is 11.8 Å². The van der Waals surface area contributed by atoms with E-state index in [1.807, 2.05) is 13.8 Å². The summed E-state index contributed by atoms with van der Waals surface area (Å²) in [5, 5.41) is 5.30. The molecule has 2 aliphatic heterocycles. The van der Waals surface area contributed by atoms with Crippen molar-refractivity contribution in [2.75, 3.05) is 6.54 Å². The molecule has 1 unspecified atom stereocenters. The Morgan fingerprint density at radius 1 is 1.11 bits per heavy atom. The number of hydrogen-bond acceptors (Lipinski definition) is 4. The number of fused-ring (bicyclic) bond motifs is 3. The first-order valence-corrected chi connectivity index (χ1v) is 12.7. The molecule has 2 amide bonds. The Hall–Kier alpha value is -3.24. The van der Waals surface area contributed by atoms with Crippen LogP contribution in [0.2, 0.25) is 10.0 Å². The second-order valence-electron chi connectivity index (χ2n) is 9.40. The van der Waals surface area contributed by atoms with E-state index in [1.54, 1.807) is 26.6 Å². The average Bonchev–Trinajstić information content (AvgIpc) is 3.22. The number of halogens is 5. The number of amides is 2. The Morgan fingerprint density at radius 3 is 2.47 bits per heavy atom. The first-order valence-electron chi connectivity index (χ1n) is 11.9. The van der Waals surface area contributed by atoms with Crippen LogP contribution < -0.4 is 4.74 Å². The highest BCUT2D eigenvalue weighted by atomic mass is 35.5. The molecular weight excluding hydrogens is 544 g/mol. The lowest BCUT2D eigenvalue weighted by molar-refractivity contribution is -0.274. The van der Waals surface area contributed by atoms with Crippen molar-refractivity contribution < 1.29 is 27.5 Å². The standard InChI is InChI=1S/C26H23Cl2F3N4O3/c1-14-11-22-19(13-34(14)24(36)17-5-8-20(27)21(28)12-17)23-25(37)33(9-10-35(23)32-22)15(2)16-3-6-18(7-4-16)38-26(29,30)31/h3-8,12,14-15H,9-11,13H2,1-2H3/t14-,15?/m1/s1. The predicted octanol–water partition coefficient (Wildman–Crippen LogP) is 5.89. The van der Waals surface area contributed by atoms with Crippen LogP contribution in [-0.2, 0) is 19.5 Å². The fraction of sp³-hybridized carbons (Fsp3) is 0.346. The summed E-state index contributed by atoms with van der Waals surface area (Å²) in [5.74, 6) is -0.799. The Labute approximate surface area is 226 Å². The van der Waals surface area contributed by atoms with Gasteiger partial charge in [-0.3, -0.25) is 14.3 Å². The second kappa shape index (κ2) is 9.81. The van der Waals surface area contributed by atoms with Crippen LogP contribution in [0.5, 0.6) is 5.75 Å². The van der Waals surface area contributed by atoms with Gasteiger partial charge in [-0.1, -0.05) is 35.3 Å². The summed E-state index contributed by atoms with van der Waals surface area (Å²) in [6.07, 6.45) is -4.29. The maximum absolute atomic E-state index is 13.7. The van der Waals surface area contributed by atoms with Gasteiger partial charge in [-0.05, 0) is 49.7 Å². The molecule has 0 saturated heterocycles. The van der Waals surface area contributed by atoms with Crippen LogP contribution in [0.3, 0.4) is 0 Å². The van der Waals surface area contributed by atoms with Crippen molar-refractivity contribution in [2.24, 2.45) is 0 Å². The molecule has 7 nitrogen and oxygen atoms in total. The van der Waals surface area contributed by atoms with Crippen LogP contribution in [0.15, 0.2) is 42.5 Å². The van der Waals surface area contributed by atoms with E-state index < -0.39 is 12.4 Å². The summed E-state index contributed by atoms with van der Waals surface area (Å²) >= 11 is 12.1. The van der Waals surface area contributed by atoms with Gasteiger partial charge in [0.05, 0.1) is 34.9 Å². The van der Waals surface area contributed by atoms with E-state index in [2.05, 4.69) is 9.84 Å². The van der Waals surface area contributed by atoms with Gasteiger partial charge < -0.3 is 14.5 Å². The van der Waals surface area contributed by atoms with Crippen LogP contribution in [-0.4, -0.2) is 50.3 Å². The SMILES string of the molecule is CC(c1ccc(OC(F)(F)F)cc1)N1CCn2nc3c(c2C1=O)CN(C(=O)c1ccc(Cl)c(Cl)c1)[C@H](C)C3. The summed E-state index contributed by atoms with van der Waals surface area (Å²) in [6, 6.07) is 9.65. The van der Waals surface area contributed by atoms with Crippen molar-refractivity contribution in [2.45, 2.75) is 51.8 Å². The quantitative estimate of drug-likeness (QED) is 0.394. The van der Waals surface area contributed by atoms with Crippen molar-refractivity contribution >= 4 is 35.0 Å². The summed E-state index contributed by atoms with van der Waals surface area (Å²) in [6.45, 7) is 4.80. The summed E-state index contributed by atoms with van der Waals surface area (Å²) in [7, 11) is 0. The largest absolute Gasteiger partial charge is 0.573 e. The van der Waals surface area contributed by atoms with E-state index in [0.29, 0.717) is 46.9 Å². The predicted molar refractivity (Wildman–Crippen MR) is 134 cm³/mol. The number of aromatic nitrogens is 2. The maximum atomic E-state index is 13.7. The molecule has 1 aromatic heterocycles. The third-order valence-electron chi connectivity index (χ3n) is 6.99. The third-order valence-corrected chi connectivity index (χ3v) is 7.73. The van der Waals surface area contributed by atoms with Gasteiger partial charge in [-0.2, -0.15) is 5.10 Å². The van der Waals surface area contributed by atoms with Crippen molar-refractivity contribution in [3.05, 3.63) is 80.6 Å². The number of benzene rings is 2. The Morgan fingerprint density at radius 2 is 1.82 bits per heavy atom. The Bertz CT molecular complexity index is 1410. The van der Waals surface area contributed by atoms with Crippen LogP contribution in [0.25, 0.3) is 0 Å². The topological polar surface area (TPSA) is 67.7 Å². The minimum atomic E-state index is -4.78. The summed E-state index contributed by atoms with van der Waals surface area (Å²) in [5.41, 5.74) is 2.97. The smallest absolute Gasteiger partial charge is 0.406 e. The molecule has 3 aromatic rings. The fourth-order valence-electron chi connectivity index (χ4n) is 5.00. The Kier molecular flexibility index (Phi) is 6.81. The van der Waals surface area contributed by atoms with Crippen molar-refractivity contribution in [3.8, 4) is 5.75 Å². The highest BCUT2D eigenvalue weighted by Crippen LogP contribution is 2.34. The lowest BCUT2D eigenvalue weighted by atomic mass is 9.97. The number of ether oxygens (including phenoxy) is 1. The van der Waals surface area contributed by atoms with Gasteiger partial charge in [0.2, 0.25) is 0 Å². The molecule has 0 bridgehead atoms. The van der Waals surface area contributed by atoms with Crippen molar-refractivity contribution in [1.29, 1.82) is 0 Å². The van der Waals surface area contributed by atoms with Gasteiger partial charge in [-0.15, -0.1) is 13.2 Å².